The van der Waals surface area contributed by atoms with Gasteiger partial charge in [0.25, 0.3) is 0 Å². The fourth-order valence-electron chi connectivity index (χ4n) is 3.40. The zero-order valence-corrected chi connectivity index (χ0v) is 12.7. The van der Waals surface area contributed by atoms with Gasteiger partial charge in [-0.3, -0.25) is 4.79 Å². The predicted octanol–water partition coefficient (Wildman–Crippen LogP) is 4.27. The number of esters is 1. The van der Waals surface area contributed by atoms with Gasteiger partial charge < -0.3 is 4.74 Å². The molecule has 0 aromatic carbocycles. The molecule has 0 radical (unpaired) electrons. The SMILES string of the molecule is CC(=O)OC[C@]1(C)[C@@H]2CC/C(C)=C/CC/C(C)=C/[C@@H]21. The third-order valence-electron chi connectivity index (χ3n) is 4.86. The van der Waals surface area contributed by atoms with Gasteiger partial charge in [0.1, 0.15) is 0 Å². The Morgan fingerprint density at radius 1 is 1.37 bits per heavy atom. The maximum atomic E-state index is 11.0. The summed E-state index contributed by atoms with van der Waals surface area (Å²) >= 11 is 0. The minimum Gasteiger partial charge on any atom is -0.465 e. The molecule has 0 spiro atoms. The van der Waals surface area contributed by atoms with Crippen LogP contribution in [0.15, 0.2) is 23.3 Å². The van der Waals surface area contributed by atoms with Gasteiger partial charge in [-0.15, -0.1) is 0 Å². The van der Waals surface area contributed by atoms with Crippen LogP contribution in [0.5, 0.6) is 0 Å². The molecule has 0 aliphatic heterocycles. The maximum absolute atomic E-state index is 11.0. The fraction of sp³-hybridized carbons (Fsp3) is 0.706. The predicted molar refractivity (Wildman–Crippen MR) is 77.7 cm³/mol. The number of carbonyl (C=O) groups excluding carboxylic acids is 1. The van der Waals surface area contributed by atoms with E-state index >= 15 is 0 Å². The van der Waals surface area contributed by atoms with E-state index in [4.69, 9.17) is 4.74 Å². The van der Waals surface area contributed by atoms with Crippen LogP contribution in [0.25, 0.3) is 0 Å². The van der Waals surface area contributed by atoms with Crippen molar-refractivity contribution in [3.05, 3.63) is 23.3 Å². The Balaban J connectivity index is 2.09. The molecule has 2 rings (SSSR count). The van der Waals surface area contributed by atoms with Gasteiger partial charge in [0.15, 0.2) is 0 Å². The first-order chi connectivity index (χ1) is 8.93. The smallest absolute Gasteiger partial charge is 0.302 e. The van der Waals surface area contributed by atoms with Crippen LogP contribution >= 0.6 is 0 Å². The largest absolute Gasteiger partial charge is 0.465 e. The minimum atomic E-state index is -0.160. The number of ether oxygens (including phenoxy) is 1. The molecule has 2 aliphatic rings. The summed E-state index contributed by atoms with van der Waals surface area (Å²) in [6.45, 7) is 8.81. The van der Waals surface area contributed by atoms with E-state index in [2.05, 4.69) is 32.9 Å². The molecule has 2 heteroatoms. The number of rotatable bonds is 2. The molecule has 0 aromatic rings. The summed E-state index contributed by atoms with van der Waals surface area (Å²) in [5.41, 5.74) is 3.15. The van der Waals surface area contributed by atoms with Crippen molar-refractivity contribution in [2.75, 3.05) is 6.61 Å². The molecule has 0 unspecified atom stereocenters. The lowest BCUT2D eigenvalue weighted by Crippen LogP contribution is -2.13. The second kappa shape index (κ2) is 5.52. The van der Waals surface area contributed by atoms with Crippen LogP contribution in [-0.4, -0.2) is 12.6 Å². The molecule has 0 N–H and O–H groups in total. The lowest BCUT2D eigenvalue weighted by Gasteiger charge is -2.11. The van der Waals surface area contributed by atoms with E-state index in [0.717, 1.165) is 12.8 Å². The second-order valence-corrected chi connectivity index (χ2v) is 6.56. The maximum Gasteiger partial charge on any atom is 0.302 e. The molecule has 2 nitrogen and oxygen atoms in total. The Labute approximate surface area is 116 Å². The number of carbonyl (C=O) groups is 1. The van der Waals surface area contributed by atoms with Gasteiger partial charge in [0, 0.05) is 12.3 Å². The fourth-order valence-corrected chi connectivity index (χ4v) is 3.40. The normalized spacial score (nSPS) is 40.2. The summed E-state index contributed by atoms with van der Waals surface area (Å²) in [6.07, 6.45) is 9.53. The van der Waals surface area contributed by atoms with Crippen molar-refractivity contribution in [1.82, 2.24) is 0 Å². The van der Waals surface area contributed by atoms with Crippen molar-refractivity contribution < 1.29 is 9.53 Å². The van der Waals surface area contributed by atoms with Gasteiger partial charge in [-0.2, -0.15) is 0 Å². The highest BCUT2D eigenvalue weighted by atomic mass is 16.5. The van der Waals surface area contributed by atoms with Gasteiger partial charge in [-0.25, -0.2) is 0 Å². The Hall–Kier alpha value is -1.05. The van der Waals surface area contributed by atoms with Gasteiger partial charge in [-0.1, -0.05) is 30.2 Å². The summed E-state index contributed by atoms with van der Waals surface area (Å²) in [4.78, 5) is 11.0. The van der Waals surface area contributed by atoms with Gasteiger partial charge in [0.2, 0.25) is 0 Å². The molecule has 106 valence electrons. The number of fused-ring (bicyclic) bond motifs is 1. The zero-order valence-electron chi connectivity index (χ0n) is 12.7. The van der Waals surface area contributed by atoms with Crippen LogP contribution in [0.3, 0.4) is 0 Å². The molecule has 0 amide bonds. The molecule has 1 saturated carbocycles. The Kier molecular flexibility index (Phi) is 4.17. The average Bonchev–Trinajstić information content (AvgIpc) is 2.89. The Morgan fingerprint density at radius 2 is 2.11 bits per heavy atom. The monoisotopic (exact) mass is 262 g/mol. The summed E-state index contributed by atoms with van der Waals surface area (Å²) in [7, 11) is 0. The molecule has 1 fully saturated rings. The van der Waals surface area contributed by atoms with Crippen LogP contribution in [-0.2, 0) is 9.53 Å². The van der Waals surface area contributed by atoms with E-state index < -0.39 is 0 Å². The minimum absolute atomic E-state index is 0.160. The molecule has 19 heavy (non-hydrogen) atoms. The van der Waals surface area contributed by atoms with Crippen LogP contribution in [0, 0.1) is 17.3 Å². The van der Waals surface area contributed by atoms with Gasteiger partial charge >= 0.3 is 5.97 Å². The van der Waals surface area contributed by atoms with Crippen LogP contribution in [0.4, 0.5) is 0 Å². The van der Waals surface area contributed by atoms with Crippen molar-refractivity contribution in [2.24, 2.45) is 17.3 Å². The van der Waals surface area contributed by atoms with Crippen molar-refractivity contribution in [1.29, 1.82) is 0 Å². The van der Waals surface area contributed by atoms with Gasteiger partial charge in [0.05, 0.1) is 6.61 Å². The molecule has 3 atom stereocenters. The summed E-state index contributed by atoms with van der Waals surface area (Å²) in [6, 6.07) is 0. The molecular weight excluding hydrogens is 236 g/mol. The molecule has 0 saturated heterocycles. The van der Waals surface area contributed by atoms with E-state index in [1.165, 1.54) is 30.9 Å². The van der Waals surface area contributed by atoms with Crippen LogP contribution in [0.2, 0.25) is 0 Å². The average molecular weight is 262 g/mol. The number of allylic oxidation sites excluding steroid dienone is 4. The summed E-state index contributed by atoms with van der Waals surface area (Å²) in [5, 5.41) is 0. The molecule has 0 bridgehead atoms. The van der Waals surface area contributed by atoms with E-state index in [9.17, 15) is 4.79 Å². The van der Waals surface area contributed by atoms with E-state index in [1.807, 2.05) is 0 Å². The lowest BCUT2D eigenvalue weighted by molar-refractivity contribution is -0.142. The van der Waals surface area contributed by atoms with Crippen LogP contribution in [0.1, 0.15) is 53.4 Å². The molecular formula is C17H26O2. The molecule has 0 aromatic heterocycles. The van der Waals surface area contributed by atoms with Crippen molar-refractivity contribution >= 4 is 5.97 Å². The number of hydrogen-bond donors (Lipinski definition) is 0. The van der Waals surface area contributed by atoms with Crippen LogP contribution < -0.4 is 0 Å². The Bertz CT molecular complexity index is 419. The zero-order chi connectivity index (χ0) is 14.0. The Morgan fingerprint density at radius 3 is 2.79 bits per heavy atom. The first kappa shape index (κ1) is 14.4. The van der Waals surface area contributed by atoms with Crippen molar-refractivity contribution in [3.63, 3.8) is 0 Å². The summed E-state index contributed by atoms with van der Waals surface area (Å²) < 4.78 is 5.28. The van der Waals surface area contributed by atoms with Gasteiger partial charge in [-0.05, 0) is 51.4 Å². The lowest BCUT2D eigenvalue weighted by atomic mass is 10.0. The van der Waals surface area contributed by atoms with E-state index in [0.29, 0.717) is 18.4 Å². The van der Waals surface area contributed by atoms with E-state index in [-0.39, 0.29) is 11.4 Å². The molecule has 2 aliphatic carbocycles. The van der Waals surface area contributed by atoms with Crippen molar-refractivity contribution in [2.45, 2.75) is 53.4 Å². The highest BCUT2D eigenvalue weighted by molar-refractivity contribution is 5.66. The topological polar surface area (TPSA) is 26.3 Å². The number of hydrogen-bond acceptors (Lipinski definition) is 2. The summed E-state index contributed by atoms with van der Waals surface area (Å²) in [5.74, 6) is 1.10. The first-order valence-electron chi connectivity index (χ1n) is 7.40. The van der Waals surface area contributed by atoms with E-state index in [1.54, 1.807) is 0 Å². The molecule has 0 heterocycles. The highest BCUT2D eigenvalue weighted by Gasteiger charge is 2.59. The highest BCUT2D eigenvalue weighted by Crippen LogP contribution is 2.62. The third-order valence-corrected chi connectivity index (χ3v) is 4.86. The third kappa shape index (κ3) is 3.29. The van der Waals surface area contributed by atoms with Crippen molar-refractivity contribution in [3.8, 4) is 0 Å². The quantitative estimate of drug-likeness (QED) is 0.549. The first-order valence-corrected chi connectivity index (χ1v) is 7.40. The second-order valence-electron chi connectivity index (χ2n) is 6.56. The standard InChI is InChI=1S/C17H26O2/c1-12-6-5-7-13(2)10-16-15(9-8-12)17(16,4)11-19-14(3)18/h6,10,15-16H,5,7-9,11H2,1-4H3/b12-6+,13-10+/t15-,16+,17-/m1/s1.